The molecule has 0 bridgehead atoms. The molecule has 1 aliphatic heterocycles. The second-order valence-corrected chi connectivity index (χ2v) is 7.11. The number of nitrogens with one attached hydrogen (secondary N) is 1. The van der Waals surface area contributed by atoms with Crippen molar-refractivity contribution in [2.75, 3.05) is 13.1 Å². The summed E-state index contributed by atoms with van der Waals surface area (Å²) >= 11 is 0. The molecule has 9 heteroatoms. The van der Waals surface area contributed by atoms with E-state index < -0.39 is 0 Å². The van der Waals surface area contributed by atoms with E-state index in [0.29, 0.717) is 24.7 Å². The summed E-state index contributed by atoms with van der Waals surface area (Å²) in [6.07, 6.45) is 1.62. The van der Waals surface area contributed by atoms with Crippen LogP contribution in [0.5, 0.6) is 0 Å². The number of H-pyrrole nitrogens is 1. The number of nitrogens with zero attached hydrogens (tertiary/aromatic N) is 6. The number of hydrogen-bond acceptors (Lipinski definition) is 5. The zero-order valence-corrected chi connectivity index (χ0v) is 16.0. The van der Waals surface area contributed by atoms with Crippen molar-refractivity contribution in [1.29, 1.82) is 0 Å². The lowest BCUT2D eigenvalue weighted by Crippen LogP contribution is -2.41. The Bertz CT molecular complexity index is 1030. The first-order valence-corrected chi connectivity index (χ1v) is 9.39. The lowest BCUT2D eigenvalue weighted by atomic mass is 9.96. The van der Waals surface area contributed by atoms with Crippen LogP contribution in [0.3, 0.4) is 0 Å². The Morgan fingerprint density at radius 3 is 2.57 bits per heavy atom. The van der Waals surface area contributed by atoms with Gasteiger partial charge in [0, 0.05) is 31.6 Å². The number of hydrogen-bond donors (Lipinski definition) is 1. The number of likely N-dealkylation sites (tertiary alicyclic amines) is 1. The normalized spacial score (nSPS) is 15.1. The number of carbonyl (C=O) groups excluding carboxylic acids is 1. The van der Waals surface area contributed by atoms with Gasteiger partial charge in [-0.15, -0.1) is 0 Å². The van der Waals surface area contributed by atoms with Gasteiger partial charge >= 0.3 is 5.69 Å². The van der Waals surface area contributed by atoms with Crippen molar-refractivity contribution in [3.05, 3.63) is 52.5 Å². The molecule has 1 N–H and O–H groups in total. The molecule has 28 heavy (non-hydrogen) atoms. The smallest absolute Gasteiger partial charge is 0.341 e. The molecule has 3 aromatic rings. The molecule has 1 aromatic carbocycles. The van der Waals surface area contributed by atoms with Crippen LogP contribution < -0.4 is 5.69 Å². The lowest BCUT2D eigenvalue weighted by molar-refractivity contribution is -0.133. The van der Waals surface area contributed by atoms with Gasteiger partial charge in [-0.05, 0) is 19.8 Å². The monoisotopic (exact) mass is 381 g/mol. The molecule has 2 aromatic heterocycles. The Labute approximate surface area is 162 Å². The topological polar surface area (TPSA) is 102 Å². The van der Waals surface area contributed by atoms with Gasteiger partial charge in [-0.1, -0.05) is 30.3 Å². The van der Waals surface area contributed by atoms with Gasteiger partial charge in [0.05, 0.1) is 0 Å². The summed E-state index contributed by atoms with van der Waals surface area (Å²) in [7, 11) is 1.65. The molecule has 9 nitrogen and oxygen atoms in total. The molecule has 0 spiro atoms. The molecule has 3 heterocycles. The number of aromatic nitrogens is 6. The maximum atomic E-state index is 12.6. The van der Waals surface area contributed by atoms with E-state index >= 15 is 0 Å². The van der Waals surface area contributed by atoms with E-state index in [9.17, 15) is 9.59 Å². The predicted molar refractivity (Wildman–Crippen MR) is 103 cm³/mol. The molecule has 146 valence electrons. The van der Waals surface area contributed by atoms with E-state index in [4.69, 9.17) is 0 Å². The highest BCUT2D eigenvalue weighted by Gasteiger charge is 2.26. The van der Waals surface area contributed by atoms with Gasteiger partial charge in [0.15, 0.2) is 5.82 Å². The van der Waals surface area contributed by atoms with Crippen molar-refractivity contribution in [2.24, 2.45) is 7.05 Å². The highest BCUT2D eigenvalue weighted by atomic mass is 16.2. The molecule has 4 rings (SSSR count). The van der Waals surface area contributed by atoms with Gasteiger partial charge in [-0.2, -0.15) is 10.2 Å². The minimum Gasteiger partial charge on any atom is -0.341 e. The van der Waals surface area contributed by atoms with Crippen LogP contribution in [0.2, 0.25) is 0 Å². The van der Waals surface area contributed by atoms with Crippen LogP contribution in [0.4, 0.5) is 0 Å². The Morgan fingerprint density at radius 2 is 1.93 bits per heavy atom. The second-order valence-electron chi connectivity index (χ2n) is 7.11. The number of aromatic amines is 1. The van der Waals surface area contributed by atoms with Crippen LogP contribution >= 0.6 is 0 Å². The summed E-state index contributed by atoms with van der Waals surface area (Å²) in [4.78, 5) is 31.0. The molecule has 0 saturated carbocycles. The van der Waals surface area contributed by atoms with Crippen LogP contribution in [0.1, 0.15) is 30.4 Å². The van der Waals surface area contributed by atoms with E-state index in [0.717, 1.165) is 24.2 Å². The Hall–Kier alpha value is -3.23. The number of amides is 1. The van der Waals surface area contributed by atoms with Crippen molar-refractivity contribution in [3.8, 4) is 11.4 Å². The average molecular weight is 381 g/mol. The van der Waals surface area contributed by atoms with Gasteiger partial charge < -0.3 is 4.90 Å². The van der Waals surface area contributed by atoms with E-state index in [1.807, 2.05) is 30.3 Å². The third-order valence-corrected chi connectivity index (χ3v) is 5.31. The fraction of sp³-hybridized carbons (Fsp3) is 0.421. The van der Waals surface area contributed by atoms with Gasteiger partial charge in [0.1, 0.15) is 18.2 Å². The summed E-state index contributed by atoms with van der Waals surface area (Å²) in [6.45, 7) is 2.98. The Balaban J connectivity index is 1.37. The van der Waals surface area contributed by atoms with Gasteiger partial charge in [0.2, 0.25) is 5.91 Å². The maximum absolute atomic E-state index is 12.6. The molecular formula is C19H23N7O2. The molecular weight excluding hydrogens is 358 g/mol. The number of aryl methyl sites for hydroxylation is 1. The van der Waals surface area contributed by atoms with Crippen LogP contribution in [-0.4, -0.2) is 53.4 Å². The second kappa shape index (κ2) is 7.41. The number of benzene rings is 1. The first kappa shape index (κ1) is 18.1. The van der Waals surface area contributed by atoms with Crippen LogP contribution in [0.15, 0.2) is 35.1 Å². The maximum Gasteiger partial charge on any atom is 0.346 e. The third kappa shape index (κ3) is 3.47. The number of carbonyl (C=O) groups is 1. The average Bonchev–Trinajstić information content (AvgIpc) is 3.31. The Kier molecular flexibility index (Phi) is 4.81. The molecule has 1 amide bonds. The summed E-state index contributed by atoms with van der Waals surface area (Å²) in [6, 6.07) is 9.85. The molecule has 1 fully saturated rings. The molecule has 0 aliphatic carbocycles. The lowest BCUT2D eigenvalue weighted by Gasteiger charge is -2.30. The van der Waals surface area contributed by atoms with E-state index in [2.05, 4.69) is 20.3 Å². The SMILES string of the molecule is Cc1nn(CC(=O)N2CCC(c3nc(-c4ccccc4)n[nH]3)CC2)c(=O)n1C. The highest BCUT2D eigenvalue weighted by Crippen LogP contribution is 2.27. The molecule has 0 unspecified atom stereocenters. The minimum absolute atomic E-state index is 0.0222. The summed E-state index contributed by atoms with van der Waals surface area (Å²) < 4.78 is 2.67. The molecule has 1 saturated heterocycles. The Morgan fingerprint density at radius 1 is 1.21 bits per heavy atom. The van der Waals surface area contributed by atoms with Gasteiger partial charge in [-0.25, -0.2) is 14.5 Å². The minimum atomic E-state index is -0.268. The van der Waals surface area contributed by atoms with Crippen molar-refractivity contribution in [3.63, 3.8) is 0 Å². The number of rotatable bonds is 4. The van der Waals surface area contributed by atoms with Crippen LogP contribution in [0.25, 0.3) is 11.4 Å². The van der Waals surface area contributed by atoms with Crippen molar-refractivity contribution >= 4 is 5.91 Å². The van der Waals surface area contributed by atoms with Gasteiger partial charge in [0.25, 0.3) is 0 Å². The van der Waals surface area contributed by atoms with E-state index in [-0.39, 0.29) is 24.1 Å². The largest absolute Gasteiger partial charge is 0.346 e. The number of piperidine rings is 1. The highest BCUT2D eigenvalue weighted by molar-refractivity contribution is 5.76. The third-order valence-electron chi connectivity index (χ3n) is 5.31. The molecule has 0 radical (unpaired) electrons. The van der Waals surface area contributed by atoms with E-state index in [1.54, 1.807) is 18.9 Å². The fourth-order valence-corrected chi connectivity index (χ4v) is 3.50. The van der Waals surface area contributed by atoms with Crippen LogP contribution in [-0.2, 0) is 18.4 Å². The summed E-state index contributed by atoms with van der Waals surface area (Å²) in [5.74, 6) is 2.31. The summed E-state index contributed by atoms with van der Waals surface area (Å²) in [5.41, 5.74) is 0.713. The predicted octanol–water partition coefficient (Wildman–Crippen LogP) is 1.08. The zero-order chi connectivity index (χ0) is 19.7. The van der Waals surface area contributed by atoms with Crippen molar-refractivity contribution in [2.45, 2.75) is 32.2 Å². The summed E-state index contributed by atoms with van der Waals surface area (Å²) in [5, 5.41) is 11.5. The zero-order valence-electron chi connectivity index (χ0n) is 16.0. The van der Waals surface area contributed by atoms with Crippen molar-refractivity contribution < 1.29 is 4.79 Å². The van der Waals surface area contributed by atoms with Crippen LogP contribution in [0, 0.1) is 6.92 Å². The van der Waals surface area contributed by atoms with E-state index in [1.165, 1.54) is 9.25 Å². The fourth-order valence-electron chi connectivity index (χ4n) is 3.50. The first-order chi connectivity index (χ1) is 13.5. The van der Waals surface area contributed by atoms with Crippen molar-refractivity contribution in [1.82, 2.24) is 34.4 Å². The standard InChI is InChI=1S/C19H23N7O2/c1-13-23-26(19(28)24(13)2)12-16(27)25-10-8-15(9-11-25)18-20-17(21-22-18)14-6-4-3-5-7-14/h3-7,15H,8-12H2,1-2H3,(H,20,21,22). The first-order valence-electron chi connectivity index (χ1n) is 9.39. The quantitative estimate of drug-likeness (QED) is 0.729. The molecule has 1 aliphatic rings. The van der Waals surface area contributed by atoms with Gasteiger partial charge in [-0.3, -0.25) is 14.5 Å². The molecule has 0 atom stereocenters.